The maximum atomic E-state index is 13.5. The molecule has 132 valence electrons. The van der Waals surface area contributed by atoms with Gasteiger partial charge in [0.2, 0.25) is 0 Å². The Kier molecular flexibility index (Phi) is 6.53. The fourth-order valence-corrected chi connectivity index (χ4v) is 2.09. The van der Waals surface area contributed by atoms with Gasteiger partial charge in [-0.25, -0.2) is 4.39 Å². The number of hydrogen-bond donors (Lipinski definition) is 4. The number of amides is 1. The van der Waals surface area contributed by atoms with E-state index in [-0.39, 0.29) is 23.4 Å². The number of anilines is 2. The minimum absolute atomic E-state index is 0.0436. The van der Waals surface area contributed by atoms with Gasteiger partial charge < -0.3 is 15.4 Å². The third-order valence-corrected chi connectivity index (χ3v) is 3.47. The summed E-state index contributed by atoms with van der Waals surface area (Å²) < 4.78 is 18.6. The van der Waals surface area contributed by atoms with Gasteiger partial charge in [-0.1, -0.05) is 12.1 Å². The summed E-state index contributed by atoms with van der Waals surface area (Å²) in [4.78, 5) is 11.8. The van der Waals surface area contributed by atoms with E-state index in [1.807, 2.05) is 18.2 Å². The molecule has 8 heteroatoms. The van der Waals surface area contributed by atoms with Crippen molar-refractivity contribution in [2.24, 2.45) is 0 Å². The highest BCUT2D eigenvalue weighted by molar-refractivity contribution is 7.80. The van der Waals surface area contributed by atoms with Crippen LogP contribution in [0.1, 0.15) is 5.56 Å². The van der Waals surface area contributed by atoms with E-state index in [9.17, 15) is 9.18 Å². The first-order chi connectivity index (χ1) is 12.0. The van der Waals surface area contributed by atoms with Crippen molar-refractivity contribution in [2.45, 2.75) is 6.92 Å². The topological polar surface area (TPSA) is 74.4 Å². The van der Waals surface area contributed by atoms with Crippen LogP contribution in [0.4, 0.5) is 15.8 Å². The number of aryl methyl sites for hydroxylation is 1. The van der Waals surface area contributed by atoms with Crippen molar-refractivity contribution < 1.29 is 13.9 Å². The number of carbonyl (C=O) groups is 1. The zero-order valence-corrected chi connectivity index (χ0v) is 14.7. The molecule has 2 aromatic carbocycles. The third kappa shape index (κ3) is 5.92. The van der Waals surface area contributed by atoms with Gasteiger partial charge in [0, 0.05) is 17.4 Å². The SMILES string of the molecule is COc1cccc(NCC(=O)NNC(=S)Nc2ccc(C)c(F)c2)c1. The van der Waals surface area contributed by atoms with Gasteiger partial charge in [0.15, 0.2) is 5.11 Å². The molecule has 0 aliphatic carbocycles. The largest absolute Gasteiger partial charge is 0.497 e. The van der Waals surface area contributed by atoms with Crippen LogP contribution in [-0.4, -0.2) is 24.7 Å². The van der Waals surface area contributed by atoms with Gasteiger partial charge >= 0.3 is 0 Å². The Labute approximate surface area is 150 Å². The lowest BCUT2D eigenvalue weighted by atomic mass is 10.2. The molecular weight excluding hydrogens is 343 g/mol. The average Bonchev–Trinajstić information content (AvgIpc) is 2.61. The van der Waals surface area contributed by atoms with Crippen molar-refractivity contribution in [3.05, 3.63) is 53.8 Å². The molecule has 0 saturated carbocycles. The highest BCUT2D eigenvalue weighted by atomic mass is 32.1. The number of hydrazine groups is 1. The summed E-state index contributed by atoms with van der Waals surface area (Å²) in [6.45, 7) is 1.72. The standard InChI is InChI=1S/C17H19FN4O2S/c1-11-6-7-13(9-15(11)18)20-17(25)22-21-16(23)10-19-12-4-3-5-14(8-12)24-2/h3-9,19H,10H2,1-2H3,(H,21,23)(H2,20,22,25). The maximum Gasteiger partial charge on any atom is 0.257 e. The Morgan fingerprint density at radius 2 is 1.96 bits per heavy atom. The van der Waals surface area contributed by atoms with Crippen molar-refractivity contribution >= 4 is 34.6 Å². The van der Waals surface area contributed by atoms with Crippen LogP contribution in [-0.2, 0) is 4.79 Å². The summed E-state index contributed by atoms with van der Waals surface area (Å²) in [6.07, 6.45) is 0. The first-order valence-corrected chi connectivity index (χ1v) is 7.88. The summed E-state index contributed by atoms with van der Waals surface area (Å²) >= 11 is 5.04. The molecule has 6 nitrogen and oxygen atoms in total. The minimum atomic E-state index is -0.334. The monoisotopic (exact) mass is 362 g/mol. The summed E-state index contributed by atoms with van der Waals surface area (Å²) in [6, 6.07) is 11.9. The number of benzene rings is 2. The third-order valence-electron chi connectivity index (χ3n) is 3.27. The lowest BCUT2D eigenvalue weighted by Gasteiger charge is -2.13. The van der Waals surface area contributed by atoms with Gasteiger partial charge in [-0.3, -0.25) is 15.6 Å². The molecule has 2 aromatic rings. The number of halogens is 1. The number of thiocarbonyl (C=S) groups is 1. The van der Waals surface area contributed by atoms with E-state index in [1.165, 1.54) is 6.07 Å². The molecule has 0 heterocycles. The molecule has 0 aromatic heterocycles. The van der Waals surface area contributed by atoms with Gasteiger partial charge in [0.05, 0.1) is 13.7 Å². The summed E-state index contributed by atoms with van der Waals surface area (Å²) in [5.74, 6) is 0.0422. The minimum Gasteiger partial charge on any atom is -0.497 e. The molecule has 2 rings (SSSR count). The van der Waals surface area contributed by atoms with Crippen molar-refractivity contribution in [1.82, 2.24) is 10.9 Å². The lowest BCUT2D eigenvalue weighted by molar-refractivity contribution is -0.119. The summed E-state index contributed by atoms with van der Waals surface area (Å²) in [7, 11) is 1.57. The van der Waals surface area contributed by atoms with Crippen molar-refractivity contribution in [1.29, 1.82) is 0 Å². The second-order valence-electron chi connectivity index (χ2n) is 5.18. The van der Waals surface area contributed by atoms with Crippen LogP contribution >= 0.6 is 12.2 Å². The maximum absolute atomic E-state index is 13.5. The first-order valence-electron chi connectivity index (χ1n) is 7.48. The fourth-order valence-electron chi connectivity index (χ4n) is 1.92. The zero-order chi connectivity index (χ0) is 18.2. The Balaban J connectivity index is 1.75. The van der Waals surface area contributed by atoms with Gasteiger partial charge in [0.1, 0.15) is 11.6 Å². The van der Waals surface area contributed by atoms with E-state index < -0.39 is 0 Å². The van der Waals surface area contributed by atoms with Crippen LogP contribution < -0.4 is 26.2 Å². The molecule has 0 radical (unpaired) electrons. The first kappa shape index (κ1) is 18.5. The molecular formula is C17H19FN4O2S. The van der Waals surface area contributed by atoms with Crippen LogP contribution in [0, 0.1) is 12.7 Å². The molecule has 0 spiro atoms. The number of nitrogens with one attached hydrogen (secondary N) is 4. The van der Waals surface area contributed by atoms with Gasteiger partial charge in [0.25, 0.3) is 5.91 Å². The van der Waals surface area contributed by atoms with Crippen LogP contribution in [0.3, 0.4) is 0 Å². The molecule has 0 aliphatic heterocycles. The summed E-state index contributed by atoms with van der Waals surface area (Å²) in [5.41, 5.74) is 6.79. The smallest absolute Gasteiger partial charge is 0.257 e. The van der Waals surface area contributed by atoms with Crippen LogP contribution in [0.2, 0.25) is 0 Å². The fraction of sp³-hybridized carbons (Fsp3) is 0.176. The summed E-state index contributed by atoms with van der Waals surface area (Å²) in [5, 5.41) is 5.89. The van der Waals surface area contributed by atoms with Crippen LogP contribution in [0.5, 0.6) is 5.75 Å². The van der Waals surface area contributed by atoms with E-state index in [0.717, 1.165) is 5.69 Å². The predicted octanol–water partition coefficient (Wildman–Crippen LogP) is 2.57. The highest BCUT2D eigenvalue weighted by Gasteiger charge is 2.04. The number of hydrogen-bond acceptors (Lipinski definition) is 4. The molecule has 1 amide bonds. The normalized spacial score (nSPS) is 9.88. The predicted molar refractivity (Wildman–Crippen MR) is 100 cm³/mol. The van der Waals surface area contributed by atoms with E-state index in [1.54, 1.807) is 32.2 Å². The van der Waals surface area contributed by atoms with Crippen molar-refractivity contribution in [3.8, 4) is 5.75 Å². The molecule has 0 saturated heterocycles. The van der Waals surface area contributed by atoms with E-state index >= 15 is 0 Å². The second-order valence-corrected chi connectivity index (χ2v) is 5.59. The number of carbonyl (C=O) groups excluding carboxylic acids is 1. The van der Waals surface area contributed by atoms with Crippen molar-refractivity contribution in [3.63, 3.8) is 0 Å². The molecule has 4 N–H and O–H groups in total. The number of methoxy groups -OCH3 is 1. The van der Waals surface area contributed by atoms with Gasteiger partial charge in [-0.05, 0) is 49.0 Å². The van der Waals surface area contributed by atoms with E-state index in [4.69, 9.17) is 17.0 Å². The average molecular weight is 362 g/mol. The second kappa shape index (κ2) is 8.84. The molecule has 0 bridgehead atoms. The molecule has 0 aliphatic rings. The Morgan fingerprint density at radius 1 is 1.16 bits per heavy atom. The lowest BCUT2D eigenvalue weighted by Crippen LogP contribution is -2.45. The van der Waals surface area contributed by atoms with E-state index in [0.29, 0.717) is 17.0 Å². The Bertz CT molecular complexity index is 770. The van der Waals surface area contributed by atoms with Gasteiger partial charge in [-0.2, -0.15) is 0 Å². The number of rotatable bonds is 5. The van der Waals surface area contributed by atoms with Gasteiger partial charge in [-0.15, -0.1) is 0 Å². The van der Waals surface area contributed by atoms with Crippen LogP contribution in [0.25, 0.3) is 0 Å². The Hall–Kier alpha value is -2.87. The molecule has 25 heavy (non-hydrogen) atoms. The highest BCUT2D eigenvalue weighted by Crippen LogP contribution is 2.16. The Morgan fingerprint density at radius 3 is 2.68 bits per heavy atom. The molecule has 0 fully saturated rings. The number of ether oxygens (including phenoxy) is 1. The van der Waals surface area contributed by atoms with Crippen LogP contribution in [0.15, 0.2) is 42.5 Å². The van der Waals surface area contributed by atoms with Crippen molar-refractivity contribution in [2.75, 3.05) is 24.3 Å². The quantitative estimate of drug-likeness (QED) is 0.484. The molecule has 0 unspecified atom stereocenters. The molecule has 0 atom stereocenters. The zero-order valence-electron chi connectivity index (χ0n) is 13.9. The van der Waals surface area contributed by atoms with E-state index in [2.05, 4.69) is 21.5 Å².